The monoisotopic (exact) mass is 424 g/mol. The molecule has 1 amide bonds. The number of Topliss-reactive ketones (excluding diaryl/α,β-unsaturated/α-hetero) is 1. The number of nitrogens with zero attached hydrogens (tertiary/aromatic N) is 1. The average Bonchev–Trinajstić information content (AvgIpc) is 3.25. The van der Waals surface area contributed by atoms with E-state index in [1.807, 2.05) is 35.7 Å². The van der Waals surface area contributed by atoms with Gasteiger partial charge in [-0.05, 0) is 31.5 Å². The summed E-state index contributed by atoms with van der Waals surface area (Å²) in [5, 5.41) is 5.76. The van der Waals surface area contributed by atoms with Gasteiger partial charge in [0.15, 0.2) is 17.3 Å². The number of methoxy groups -OCH3 is 1. The Labute approximate surface area is 179 Å². The zero-order chi connectivity index (χ0) is 21.3. The van der Waals surface area contributed by atoms with Gasteiger partial charge >= 0.3 is 0 Å². The van der Waals surface area contributed by atoms with E-state index in [9.17, 15) is 9.59 Å². The van der Waals surface area contributed by atoms with Crippen molar-refractivity contribution in [1.29, 1.82) is 0 Å². The van der Waals surface area contributed by atoms with E-state index in [1.54, 1.807) is 18.2 Å². The van der Waals surface area contributed by atoms with E-state index in [0.717, 1.165) is 16.3 Å². The Morgan fingerprint density at radius 1 is 1.10 bits per heavy atom. The van der Waals surface area contributed by atoms with Crippen molar-refractivity contribution in [3.8, 4) is 22.8 Å². The van der Waals surface area contributed by atoms with Gasteiger partial charge in [-0.3, -0.25) is 9.59 Å². The van der Waals surface area contributed by atoms with Crippen molar-refractivity contribution in [2.24, 2.45) is 0 Å². The summed E-state index contributed by atoms with van der Waals surface area (Å²) in [7, 11) is 1.53. The van der Waals surface area contributed by atoms with Gasteiger partial charge in [-0.15, -0.1) is 11.3 Å². The standard InChI is InChI=1S/C23H24N2O4S/c1-16(26)18-10-11-20(21(13-18)28-2)29-12-6-9-22(27)24-14-23-25-19(15-30-23)17-7-4-3-5-8-17/h3-5,7-8,10-11,13,15H,6,9,12,14H2,1-2H3,(H,24,27). The molecule has 0 saturated carbocycles. The summed E-state index contributed by atoms with van der Waals surface area (Å²) in [6.45, 7) is 2.29. The van der Waals surface area contributed by atoms with Crippen LogP contribution in [0.1, 0.15) is 35.1 Å². The van der Waals surface area contributed by atoms with Crippen LogP contribution < -0.4 is 14.8 Å². The molecule has 7 heteroatoms. The minimum atomic E-state index is -0.0473. The molecule has 0 spiro atoms. The minimum absolute atomic E-state index is 0.0346. The Bertz CT molecular complexity index is 1000. The molecule has 6 nitrogen and oxygen atoms in total. The molecule has 0 bridgehead atoms. The van der Waals surface area contributed by atoms with Crippen LogP contribution in [-0.4, -0.2) is 30.4 Å². The number of amides is 1. The molecule has 0 fully saturated rings. The van der Waals surface area contributed by atoms with Crippen LogP contribution in [0.25, 0.3) is 11.3 Å². The molecule has 0 unspecified atom stereocenters. The van der Waals surface area contributed by atoms with Gasteiger partial charge in [0, 0.05) is 22.9 Å². The third-order valence-corrected chi connectivity index (χ3v) is 5.28. The molecule has 156 valence electrons. The lowest BCUT2D eigenvalue weighted by Gasteiger charge is -2.11. The molecular formula is C23H24N2O4S. The lowest BCUT2D eigenvalue weighted by Crippen LogP contribution is -2.22. The number of carbonyl (C=O) groups excluding carboxylic acids is 2. The lowest BCUT2D eigenvalue weighted by atomic mass is 10.1. The van der Waals surface area contributed by atoms with Crippen LogP contribution in [0, 0.1) is 0 Å². The van der Waals surface area contributed by atoms with E-state index in [2.05, 4.69) is 10.3 Å². The van der Waals surface area contributed by atoms with Crippen LogP contribution >= 0.6 is 11.3 Å². The molecule has 3 aromatic rings. The highest BCUT2D eigenvalue weighted by Gasteiger charge is 2.10. The van der Waals surface area contributed by atoms with E-state index >= 15 is 0 Å². The second-order valence-electron chi connectivity index (χ2n) is 6.64. The highest BCUT2D eigenvalue weighted by molar-refractivity contribution is 7.09. The quantitative estimate of drug-likeness (QED) is 0.383. The van der Waals surface area contributed by atoms with Crippen molar-refractivity contribution in [1.82, 2.24) is 10.3 Å². The Balaban J connectivity index is 1.40. The van der Waals surface area contributed by atoms with Crippen LogP contribution in [0.2, 0.25) is 0 Å². The summed E-state index contributed by atoms with van der Waals surface area (Å²) >= 11 is 1.53. The van der Waals surface area contributed by atoms with Crippen LogP contribution in [0.4, 0.5) is 0 Å². The number of rotatable bonds is 10. The van der Waals surface area contributed by atoms with Crippen molar-refractivity contribution < 1.29 is 19.1 Å². The molecule has 0 saturated heterocycles. The number of hydrogen-bond donors (Lipinski definition) is 1. The molecule has 0 aliphatic carbocycles. The van der Waals surface area contributed by atoms with Crippen LogP contribution in [-0.2, 0) is 11.3 Å². The topological polar surface area (TPSA) is 77.5 Å². The summed E-state index contributed by atoms with van der Waals surface area (Å²) in [4.78, 5) is 28.1. The predicted molar refractivity (Wildman–Crippen MR) is 117 cm³/mol. The van der Waals surface area contributed by atoms with Gasteiger partial charge in [0.2, 0.25) is 5.91 Å². The van der Waals surface area contributed by atoms with Crippen molar-refractivity contribution in [3.63, 3.8) is 0 Å². The zero-order valence-corrected chi connectivity index (χ0v) is 17.8. The SMILES string of the molecule is COc1cc(C(C)=O)ccc1OCCCC(=O)NCc1nc(-c2ccccc2)cs1. The smallest absolute Gasteiger partial charge is 0.220 e. The highest BCUT2D eigenvalue weighted by Crippen LogP contribution is 2.28. The average molecular weight is 425 g/mol. The Morgan fingerprint density at radius 3 is 2.63 bits per heavy atom. The zero-order valence-electron chi connectivity index (χ0n) is 17.0. The molecule has 1 N–H and O–H groups in total. The summed E-state index contributed by atoms with van der Waals surface area (Å²) in [6, 6.07) is 15.0. The number of nitrogens with one attached hydrogen (secondary N) is 1. The number of ketones is 1. The number of benzene rings is 2. The fraction of sp³-hybridized carbons (Fsp3) is 0.261. The number of hydrogen-bond acceptors (Lipinski definition) is 6. The molecule has 3 rings (SSSR count). The molecule has 1 heterocycles. The Kier molecular flexibility index (Phi) is 7.57. The second kappa shape index (κ2) is 10.5. The van der Waals surface area contributed by atoms with Gasteiger partial charge in [-0.25, -0.2) is 4.98 Å². The maximum absolute atomic E-state index is 12.1. The van der Waals surface area contributed by atoms with Gasteiger partial charge in [-0.2, -0.15) is 0 Å². The minimum Gasteiger partial charge on any atom is -0.493 e. The van der Waals surface area contributed by atoms with E-state index in [0.29, 0.717) is 43.1 Å². The summed E-state index contributed by atoms with van der Waals surface area (Å²) in [5.74, 6) is 0.978. The number of carbonyl (C=O) groups is 2. The first-order valence-electron chi connectivity index (χ1n) is 9.65. The largest absolute Gasteiger partial charge is 0.493 e. The van der Waals surface area contributed by atoms with Gasteiger partial charge in [0.1, 0.15) is 5.01 Å². The van der Waals surface area contributed by atoms with Crippen molar-refractivity contribution >= 4 is 23.0 Å². The fourth-order valence-electron chi connectivity index (χ4n) is 2.82. The molecule has 2 aromatic carbocycles. The molecule has 0 aliphatic rings. The fourth-order valence-corrected chi connectivity index (χ4v) is 3.56. The molecule has 0 aliphatic heterocycles. The highest BCUT2D eigenvalue weighted by atomic mass is 32.1. The van der Waals surface area contributed by atoms with E-state index < -0.39 is 0 Å². The maximum atomic E-state index is 12.1. The maximum Gasteiger partial charge on any atom is 0.220 e. The van der Waals surface area contributed by atoms with Crippen LogP contribution in [0.15, 0.2) is 53.9 Å². The van der Waals surface area contributed by atoms with Crippen molar-refractivity contribution in [2.75, 3.05) is 13.7 Å². The summed E-state index contributed by atoms with van der Waals surface area (Å²) in [5.41, 5.74) is 2.55. The summed E-state index contributed by atoms with van der Waals surface area (Å²) < 4.78 is 11.0. The van der Waals surface area contributed by atoms with Crippen LogP contribution in [0.5, 0.6) is 11.5 Å². The van der Waals surface area contributed by atoms with Gasteiger partial charge in [-0.1, -0.05) is 30.3 Å². The molecule has 0 atom stereocenters. The summed E-state index contributed by atoms with van der Waals surface area (Å²) in [6.07, 6.45) is 0.918. The van der Waals surface area contributed by atoms with E-state index in [-0.39, 0.29) is 11.7 Å². The number of ether oxygens (including phenoxy) is 2. The molecular weight excluding hydrogens is 400 g/mol. The van der Waals surface area contributed by atoms with Crippen LogP contribution in [0.3, 0.4) is 0 Å². The first-order valence-corrected chi connectivity index (χ1v) is 10.5. The molecule has 0 radical (unpaired) electrons. The van der Waals surface area contributed by atoms with E-state index in [4.69, 9.17) is 9.47 Å². The van der Waals surface area contributed by atoms with Crippen molar-refractivity contribution in [2.45, 2.75) is 26.3 Å². The Hall–Kier alpha value is -3.19. The van der Waals surface area contributed by atoms with Gasteiger partial charge in [0.25, 0.3) is 0 Å². The Morgan fingerprint density at radius 2 is 1.90 bits per heavy atom. The van der Waals surface area contributed by atoms with Gasteiger partial charge in [0.05, 0.1) is 26.0 Å². The van der Waals surface area contributed by atoms with Gasteiger partial charge < -0.3 is 14.8 Å². The third kappa shape index (κ3) is 5.90. The lowest BCUT2D eigenvalue weighted by molar-refractivity contribution is -0.121. The number of aromatic nitrogens is 1. The molecule has 30 heavy (non-hydrogen) atoms. The van der Waals surface area contributed by atoms with Crippen molar-refractivity contribution in [3.05, 3.63) is 64.5 Å². The third-order valence-electron chi connectivity index (χ3n) is 4.43. The first-order chi connectivity index (χ1) is 14.6. The normalized spacial score (nSPS) is 10.5. The number of thiazole rings is 1. The van der Waals surface area contributed by atoms with E-state index in [1.165, 1.54) is 25.4 Å². The molecule has 1 aromatic heterocycles. The first kappa shape index (κ1) is 21.5. The second-order valence-corrected chi connectivity index (χ2v) is 7.59. The predicted octanol–water partition coefficient (Wildman–Crippen LogP) is 4.50.